The summed E-state index contributed by atoms with van der Waals surface area (Å²) in [4.78, 5) is 12.9. The van der Waals surface area contributed by atoms with Gasteiger partial charge in [-0.05, 0) is 74.2 Å². The Morgan fingerprint density at radius 3 is 2.42 bits per heavy atom. The standard InChI is InChI=1S/C22H23FN4O3S/c1-2-14-31(29,30)26-17-10-8-16(9-11-17)24-22(28)21-19-4-3-5-20(19)27(25-21)18-12-6-15(23)7-13-18/h6-13,26H,2-5,14H2,1H3,(H,24,28). The van der Waals surface area contributed by atoms with Crippen molar-refractivity contribution >= 4 is 27.3 Å². The zero-order chi connectivity index (χ0) is 22.0. The van der Waals surface area contributed by atoms with E-state index in [2.05, 4.69) is 15.1 Å². The van der Waals surface area contributed by atoms with Crippen LogP contribution in [0.4, 0.5) is 15.8 Å². The van der Waals surface area contributed by atoms with Crippen molar-refractivity contribution in [2.75, 3.05) is 15.8 Å². The van der Waals surface area contributed by atoms with Crippen molar-refractivity contribution in [3.05, 3.63) is 71.3 Å². The zero-order valence-electron chi connectivity index (χ0n) is 17.1. The van der Waals surface area contributed by atoms with Gasteiger partial charge in [0.25, 0.3) is 5.91 Å². The van der Waals surface area contributed by atoms with E-state index < -0.39 is 10.0 Å². The zero-order valence-corrected chi connectivity index (χ0v) is 17.9. The molecule has 4 rings (SSSR count). The van der Waals surface area contributed by atoms with Gasteiger partial charge in [-0.25, -0.2) is 17.5 Å². The topological polar surface area (TPSA) is 93.1 Å². The van der Waals surface area contributed by atoms with Crippen LogP contribution >= 0.6 is 0 Å². The number of nitrogens with zero attached hydrogens (tertiary/aromatic N) is 2. The third-order valence-corrected chi connectivity index (χ3v) is 6.60. The first kappa shape index (κ1) is 21.0. The molecule has 0 fully saturated rings. The van der Waals surface area contributed by atoms with E-state index in [1.165, 1.54) is 12.1 Å². The Hall–Kier alpha value is -3.20. The lowest BCUT2D eigenvalue weighted by Crippen LogP contribution is -2.16. The summed E-state index contributed by atoms with van der Waals surface area (Å²) in [6.07, 6.45) is 3.02. The number of halogens is 1. The largest absolute Gasteiger partial charge is 0.321 e. The average molecular weight is 443 g/mol. The highest BCUT2D eigenvalue weighted by molar-refractivity contribution is 7.92. The number of amides is 1. The molecule has 9 heteroatoms. The first-order valence-electron chi connectivity index (χ1n) is 10.1. The summed E-state index contributed by atoms with van der Waals surface area (Å²) in [5, 5.41) is 7.33. The molecule has 0 spiro atoms. The SMILES string of the molecule is CCCS(=O)(=O)Nc1ccc(NC(=O)c2nn(-c3ccc(F)cc3)c3c2CCC3)cc1. The molecule has 0 saturated heterocycles. The fraction of sp³-hybridized carbons (Fsp3) is 0.273. The summed E-state index contributed by atoms with van der Waals surface area (Å²) >= 11 is 0. The smallest absolute Gasteiger partial charge is 0.276 e. The maximum absolute atomic E-state index is 13.3. The number of carbonyl (C=O) groups is 1. The molecule has 1 aromatic heterocycles. The molecule has 1 aliphatic carbocycles. The monoisotopic (exact) mass is 442 g/mol. The lowest BCUT2D eigenvalue weighted by atomic mass is 10.2. The van der Waals surface area contributed by atoms with Gasteiger partial charge in [-0.3, -0.25) is 9.52 Å². The van der Waals surface area contributed by atoms with E-state index in [0.29, 0.717) is 29.2 Å². The molecule has 2 N–H and O–H groups in total. The van der Waals surface area contributed by atoms with Crippen LogP contribution in [-0.2, 0) is 22.9 Å². The molecule has 1 aliphatic rings. The minimum Gasteiger partial charge on any atom is -0.321 e. The van der Waals surface area contributed by atoms with Crippen LogP contribution in [0.3, 0.4) is 0 Å². The number of hydrogen-bond acceptors (Lipinski definition) is 4. The number of fused-ring (bicyclic) bond motifs is 1. The van der Waals surface area contributed by atoms with Crippen molar-refractivity contribution in [1.29, 1.82) is 0 Å². The molecule has 0 atom stereocenters. The van der Waals surface area contributed by atoms with Gasteiger partial charge in [0.2, 0.25) is 10.0 Å². The third kappa shape index (κ3) is 4.61. The number of rotatable bonds is 7. The van der Waals surface area contributed by atoms with Gasteiger partial charge in [0, 0.05) is 22.6 Å². The molecule has 31 heavy (non-hydrogen) atoms. The van der Waals surface area contributed by atoms with E-state index in [0.717, 1.165) is 30.5 Å². The fourth-order valence-electron chi connectivity index (χ4n) is 3.73. The van der Waals surface area contributed by atoms with E-state index >= 15 is 0 Å². The highest BCUT2D eigenvalue weighted by atomic mass is 32.2. The van der Waals surface area contributed by atoms with Gasteiger partial charge in [0.1, 0.15) is 5.82 Å². The van der Waals surface area contributed by atoms with Crippen LogP contribution in [0.2, 0.25) is 0 Å². The van der Waals surface area contributed by atoms with Gasteiger partial charge in [-0.2, -0.15) is 5.10 Å². The van der Waals surface area contributed by atoms with Crippen LogP contribution in [0.25, 0.3) is 5.69 Å². The highest BCUT2D eigenvalue weighted by Crippen LogP contribution is 2.28. The van der Waals surface area contributed by atoms with E-state index in [1.807, 2.05) is 0 Å². The van der Waals surface area contributed by atoms with Gasteiger partial charge in [0.15, 0.2) is 5.69 Å². The van der Waals surface area contributed by atoms with E-state index in [-0.39, 0.29) is 17.5 Å². The lowest BCUT2D eigenvalue weighted by Gasteiger charge is -2.09. The van der Waals surface area contributed by atoms with Crippen LogP contribution in [0.15, 0.2) is 48.5 Å². The van der Waals surface area contributed by atoms with Crippen LogP contribution in [0.1, 0.15) is 41.5 Å². The van der Waals surface area contributed by atoms with Crippen LogP contribution in [0, 0.1) is 5.82 Å². The summed E-state index contributed by atoms with van der Waals surface area (Å²) in [6, 6.07) is 12.5. The number of benzene rings is 2. The van der Waals surface area contributed by atoms with Crippen molar-refractivity contribution in [3.8, 4) is 5.69 Å². The first-order valence-corrected chi connectivity index (χ1v) is 11.8. The number of hydrogen-bond donors (Lipinski definition) is 2. The molecule has 0 bridgehead atoms. The summed E-state index contributed by atoms with van der Waals surface area (Å²) in [5.41, 5.74) is 3.91. The van der Waals surface area contributed by atoms with Gasteiger partial charge in [-0.15, -0.1) is 0 Å². The molecule has 162 valence electrons. The second-order valence-electron chi connectivity index (χ2n) is 7.47. The van der Waals surface area contributed by atoms with Crippen LogP contribution in [0.5, 0.6) is 0 Å². The lowest BCUT2D eigenvalue weighted by molar-refractivity contribution is 0.102. The van der Waals surface area contributed by atoms with Crippen LogP contribution in [-0.4, -0.2) is 29.9 Å². The van der Waals surface area contributed by atoms with Gasteiger partial charge in [-0.1, -0.05) is 6.92 Å². The van der Waals surface area contributed by atoms with Crippen molar-refractivity contribution in [1.82, 2.24) is 9.78 Å². The minimum atomic E-state index is -3.37. The Morgan fingerprint density at radius 1 is 1.06 bits per heavy atom. The summed E-state index contributed by atoms with van der Waals surface area (Å²) in [7, 11) is -3.37. The van der Waals surface area contributed by atoms with E-state index in [9.17, 15) is 17.6 Å². The van der Waals surface area contributed by atoms with Crippen LogP contribution < -0.4 is 10.0 Å². The van der Waals surface area contributed by atoms with Crippen molar-refractivity contribution in [3.63, 3.8) is 0 Å². The molecule has 0 unspecified atom stereocenters. The van der Waals surface area contributed by atoms with E-state index in [4.69, 9.17) is 0 Å². The second kappa shape index (κ2) is 8.50. The predicted octanol–water partition coefficient (Wildman–Crippen LogP) is 3.90. The Morgan fingerprint density at radius 2 is 1.74 bits per heavy atom. The predicted molar refractivity (Wildman–Crippen MR) is 118 cm³/mol. The number of nitrogens with one attached hydrogen (secondary N) is 2. The number of anilines is 2. The molecule has 3 aromatic rings. The number of sulfonamides is 1. The minimum absolute atomic E-state index is 0.0489. The fourth-order valence-corrected chi connectivity index (χ4v) is 4.86. The Balaban J connectivity index is 1.53. The number of aromatic nitrogens is 2. The maximum atomic E-state index is 13.3. The van der Waals surface area contributed by atoms with Crippen molar-refractivity contribution in [2.45, 2.75) is 32.6 Å². The molecule has 2 aromatic carbocycles. The number of carbonyl (C=O) groups excluding carboxylic acids is 1. The highest BCUT2D eigenvalue weighted by Gasteiger charge is 2.27. The quantitative estimate of drug-likeness (QED) is 0.580. The van der Waals surface area contributed by atoms with Gasteiger partial charge < -0.3 is 5.32 Å². The molecule has 7 nitrogen and oxygen atoms in total. The normalized spacial score (nSPS) is 13.1. The Bertz CT molecular complexity index is 1200. The Labute approximate surface area is 180 Å². The summed E-state index contributed by atoms with van der Waals surface area (Å²) < 4.78 is 41.3. The third-order valence-electron chi connectivity index (χ3n) is 5.11. The second-order valence-corrected chi connectivity index (χ2v) is 9.31. The molecule has 0 aliphatic heterocycles. The maximum Gasteiger partial charge on any atom is 0.276 e. The molecule has 0 radical (unpaired) electrons. The van der Waals surface area contributed by atoms with Gasteiger partial charge in [0.05, 0.1) is 11.4 Å². The molecular weight excluding hydrogens is 419 g/mol. The molecular formula is C22H23FN4O3S. The van der Waals surface area contributed by atoms with E-state index in [1.54, 1.807) is 48.0 Å². The van der Waals surface area contributed by atoms with Gasteiger partial charge >= 0.3 is 0 Å². The summed E-state index contributed by atoms with van der Waals surface area (Å²) in [6.45, 7) is 1.80. The van der Waals surface area contributed by atoms with Crippen molar-refractivity contribution < 1.29 is 17.6 Å². The molecule has 1 amide bonds. The summed E-state index contributed by atoms with van der Waals surface area (Å²) in [5.74, 6) is -0.614. The average Bonchev–Trinajstić information content (AvgIpc) is 3.33. The Kier molecular flexibility index (Phi) is 5.77. The van der Waals surface area contributed by atoms with Crippen molar-refractivity contribution in [2.24, 2.45) is 0 Å². The molecule has 0 saturated carbocycles. The first-order chi connectivity index (χ1) is 14.9. The molecule has 1 heterocycles.